The fourth-order valence-corrected chi connectivity index (χ4v) is 2.85. The number of primary amides is 1. The molecule has 2 N–H and O–H groups in total. The Morgan fingerprint density at radius 2 is 2.15 bits per heavy atom. The van der Waals surface area contributed by atoms with Crippen LogP contribution < -0.4 is 5.73 Å². The third-order valence-electron chi connectivity index (χ3n) is 3.50. The zero-order valence-electron chi connectivity index (χ0n) is 12.1. The molecule has 0 aliphatic rings. The van der Waals surface area contributed by atoms with Crippen LogP contribution >= 0.6 is 11.6 Å². The summed E-state index contributed by atoms with van der Waals surface area (Å²) in [7, 11) is 0. The molecule has 20 heavy (non-hydrogen) atoms. The number of nitrogens with two attached hydrogens (primary N) is 1. The van der Waals surface area contributed by atoms with Gasteiger partial charge in [-0.15, -0.1) is 11.6 Å². The van der Waals surface area contributed by atoms with Crippen molar-refractivity contribution in [1.29, 1.82) is 0 Å². The zero-order chi connectivity index (χ0) is 14.9. The second-order valence-corrected chi connectivity index (χ2v) is 5.75. The maximum absolute atomic E-state index is 11.9. The third-order valence-corrected chi connectivity index (χ3v) is 3.69. The molecule has 0 bridgehead atoms. The number of halogens is 1. The van der Waals surface area contributed by atoms with Crippen molar-refractivity contribution in [2.45, 2.75) is 33.2 Å². The molecule has 0 fully saturated rings. The topological polar surface area (TPSA) is 60.9 Å². The van der Waals surface area contributed by atoms with Gasteiger partial charge in [0.25, 0.3) is 0 Å². The van der Waals surface area contributed by atoms with Crippen molar-refractivity contribution < 1.29 is 4.79 Å². The largest absolute Gasteiger partial charge is 0.368 e. The molecule has 2 aromatic rings. The van der Waals surface area contributed by atoms with Gasteiger partial charge < -0.3 is 10.3 Å². The summed E-state index contributed by atoms with van der Waals surface area (Å²) in [6.07, 6.45) is 0.617. The lowest BCUT2D eigenvalue weighted by molar-refractivity contribution is -0.122. The van der Waals surface area contributed by atoms with E-state index in [9.17, 15) is 4.79 Å². The molecule has 1 amide bonds. The lowest BCUT2D eigenvalue weighted by Gasteiger charge is -2.22. The summed E-state index contributed by atoms with van der Waals surface area (Å²) in [6.45, 7) is 6.00. The molecule has 2 rings (SSSR count). The molecule has 0 saturated heterocycles. The minimum atomic E-state index is -0.403. The van der Waals surface area contributed by atoms with Crippen molar-refractivity contribution in [3.8, 4) is 0 Å². The fourth-order valence-electron chi connectivity index (χ4n) is 2.68. The van der Waals surface area contributed by atoms with E-state index in [1.807, 2.05) is 43.5 Å². The Labute approximate surface area is 123 Å². The molecule has 1 unspecified atom stereocenters. The number of aryl methyl sites for hydroxylation is 2. The van der Waals surface area contributed by atoms with E-state index in [4.69, 9.17) is 17.3 Å². The van der Waals surface area contributed by atoms with E-state index < -0.39 is 6.04 Å². The van der Waals surface area contributed by atoms with Gasteiger partial charge in [0.15, 0.2) is 0 Å². The lowest BCUT2D eigenvalue weighted by atomic mass is 10.0. The minimum Gasteiger partial charge on any atom is -0.368 e. The zero-order valence-corrected chi connectivity index (χ0v) is 12.8. The summed E-state index contributed by atoms with van der Waals surface area (Å²) < 4.78 is 1.97. The lowest BCUT2D eigenvalue weighted by Crippen LogP contribution is -2.31. The monoisotopic (exact) mass is 293 g/mol. The van der Waals surface area contributed by atoms with Gasteiger partial charge in [0.1, 0.15) is 11.9 Å². The number of hydrogen-bond acceptors (Lipinski definition) is 2. The molecular weight excluding hydrogens is 274 g/mol. The first-order valence-corrected chi connectivity index (χ1v) is 7.32. The number of amides is 1. The predicted molar refractivity (Wildman–Crippen MR) is 82.0 cm³/mol. The minimum absolute atomic E-state index is 0.0959. The van der Waals surface area contributed by atoms with Gasteiger partial charge in [-0.25, -0.2) is 4.98 Å². The van der Waals surface area contributed by atoms with E-state index in [2.05, 4.69) is 4.98 Å². The van der Waals surface area contributed by atoms with Crippen molar-refractivity contribution in [2.24, 2.45) is 11.7 Å². The molecule has 0 spiro atoms. The van der Waals surface area contributed by atoms with Crippen molar-refractivity contribution >= 4 is 28.5 Å². The highest BCUT2D eigenvalue weighted by molar-refractivity contribution is 6.17. The molecule has 1 heterocycles. The average Bonchev–Trinajstić information content (AvgIpc) is 2.69. The number of fused-ring (bicyclic) bond motifs is 1. The van der Waals surface area contributed by atoms with Gasteiger partial charge in [-0.3, -0.25) is 4.79 Å². The second-order valence-electron chi connectivity index (χ2n) is 5.37. The first kappa shape index (κ1) is 14.9. The van der Waals surface area contributed by atoms with E-state index >= 15 is 0 Å². The van der Waals surface area contributed by atoms with Gasteiger partial charge in [0.05, 0.1) is 11.0 Å². The summed E-state index contributed by atoms with van der Waals surface area (Å²) in [5, 5.41) is 0. The standard InChI is InChI=1S/C15H20ClN3O/c1-9(2)13(15(17)20)19-12(7-8-16)18-11-6-4-5-10(3)14(11)19/h4-6,9,13H,7-8H2,1-3H3,(H2,17,20). The Hall–Kier alpha value is -1.55. The quantitative estimate of drug-likeness (QED) is 0.862. The van der Waals surface area contributed by atoms with Crippen LogP contribution in [0.1, 0.15) is 31.3 Å². The molecule has 1 aromatic carbocycles. The third kappa shape index (κ3) is 2.52. The number of para-hydroxylation sites is 1. The Kier molecular flexibility index (Phi) is 4.33. The van der Waals surface area contributed by atoms with E-state index in [0.717, 1.165) is 22.4 Å². The summed E-state index contributed by atoms with van der Waals surface area (Å²) in [6, 6.07) is 5.53. The highest BCUT2D eigenvalue weighted by atomic mass is 35.5. The van der Waals surface area contributed by atoms with Crippen LogP contribution in [0.15, 0.2) is 18.2 Å². The Bertz CT molecular complexity index is 633. The van der Waals surface area contributed by atoms with Gasteiger partial charge in [-0.05, 0) is 24.5 Å². The Balaban J connectivity index is 2.76. The molecule has 0 radical (unpaired) electrons. The number of benzene rings is 1. The van der Waals surface area contributed by atoms with Crippen molar-refractivity contribution in [3.05, 3.63) is 29.6 Å². The summed E-state index contributed by atoms with van der Waals surface area (Å²) in [4.78, 5) is 16.5. The van der Waals surface area contributed by atoms with Gasteiger partial charge in [0, 0.05) is 12.3 Å². The van der Waals surface area contributed by atoms with Crippen LogP contribution in [0.3, 0.4) is 0 Å². The smallest absolute Gasteiger partial charge is 0.240 e. The van der Waals surface area contributed by atoms with Crippen LogP contribution in [0.25, 0.3) is 11.0 Å². The van der Waals surface area contributed by atoms with Crippen molar-refractivity contribution in [2.75, 3.05) is 5.88 Å². The Morgan fingerprint density at radius 3 is 2.70 bits per heavy atom. The first-order chi connectivity index (χ1) is 9.47. The number of carbonyl (C=O) groups excluding carboxylic acids is 1. The van der Waals surface area contributed by atoms with Crippen molar-refractivity contribution in [3.63, 3.8) is 0 Å². The maximum atomic E-state index is 11.9. The van der Waals surface area contributed by atoms with Crippen LogP contribution in [-0.4, -0.2) is 21.3 Å². The number of imidazole rings is 1. The molecule has 0 saturated carbocycles. The highest BCUT2D eigenvalue weighted by Gasteiger charge is 2.26. The van der Waals surface area contributed by atoms with Crippen LogP contribution in [0.2, 0.25) is 0 Å². The number of nitrogens with zero attached hydrogens (tertiary/aromatic N) is 2. The van der Waals surface area contributed by atoms with E-state index in [0.29, 0.717) is 12.3 Å². The maximum Gasteiger partial charge on any atom is 0.240 e. The van der Waals surface area contributed by atoms with Crippen LogP contribution in [0, 0.1) is 12.8 Å². The molecule has 108 valence electrons. The second kappa shape index (κ2) is 5.83. The summed E-state index contributed by atoms with van der Waals surface area (Å²) in [5.74, 6) is 1.05. The molecular formula is C15H20ClN3O. The van der Waals surface area contributed by atoms with E-state index in [-0.39, 0.29) is 11.8 Å². The molecule has 1 atom stereocenters. The number of hydrogen-bond donors (Lipinski definition) is 1. The predicted octanol–water partition coefficient (Wildman–Crippen LogP) is 2.81. The van der Waals surface area contributed by atoms with Crippen molar-refractivity contribution in [1.82, 2.24) is 9.55 Å². The van der Waals surface area contributed by atoms with E-state index in [1.165, 1.54) is 0 Å². The van der Waals surface area contributed by atoms with Crippen LogP contribution in [0.5, 0.6) is 0 Å². The van der Waals surface area contributed by atoms with Gasteiger partial charge in [0.2, 0.25) is 5.91 Å². The number of aromatic nitrogens is 2. The molecule has 5 heteroatoms. The fraction of sp³-hybridized carbons (Fsp3) is 0.467. The number of rotatable bonds is 5. The van der Waals surface area contributed by atoms with Gasteiger partial charge in [-0.1, -0.05) is 26.0 Å². The van der Waals surface area contributed by atoms with Crippen LogP contribution in [0.4, 0.5) is 0 Å². The molecule has 4 nitrogen and oxygen atoms in total. The Morgan fingerprint density at radius 1 is 1.45 bits per heavy atom. The van der Waals surface area contributed by atoms with Crippen LogP contribution in [-0.2, 0) is 11.2 Å². The van der Waals surface area contributed by atoms with Gasteiger partial charge >= 0.3 is 0 Å². The first-order valence-electron chi connectivity index (χ1n) is 6.79. The normalized spacial score (nSPS) is 13.1. The number of alkyl halides is 1. The summed E-state index contributed by atoms with van der Waals surface area (Å²) in [5.41, 5.74) is 8.56. The molecule has 0 aliphatic heterocycles. The molecule has 1 aromatic heterocycles. The average molecular weight is 294 g/mol. The highest BCUT2D eigenvalue weighted by Crippen LogP contribution is 2.28. The van der Waals surface area contributed by atoms with Gasteiger partial charge in [-0.2, -0.15) is 0 Å². The number of carbonyl (C=O) groups is 1. The SMILES string of the molecule is Cc1cccc2nc(CCCl)n(C(C(N)=O)C(C)C)c12. The van der Waals surface area contributed by atoms with E-state index in [1.54, 1.807) is 0 Å². The summed E-state index contributed by atoms with van der Waals surface area (Å²) >= 11 is 5.87. The molecule has 0 aliphatic carbocycles.